The molecule has 0 unspecified atom stereocenters. The molecule has 0 aromatic carbocycles. The molecule has 1 aromatic rings. The summed E-state index contributed by atoms with van der Waals surface area (Å²) in [6, 6.07) is 4.77. The van der Waals surface area contributed by atoms with E-state index in [4.69, 9.17) is 0 Å². The summed E-state index contributed by atoms with van der Waals surface area (Å²) in [7, 11) is 2.16. The summed E-state index contributed by atoms with van der Waals surface area (Å²) in [5.74, 6) is 0. The van der Waals surface area contributed by atoms with Gasteiger partial charge in [0.25, 0.3) is 0 Å². The molecule has 0 amide bonds. The summed E-state index contributed by atoms with van der Waals surface area (Å²) in [4.78, 5) is 6.72. The first-order valence-corrected chi connectivity index (χ1v) is 7.03. The van der Waals surface area contributed by atoms with Crippen LogP contribution in [0.2, 0.25) is 0 Å². The highest BCUT2D eigenvalue weighted by Crippen LogP contribution is 2.14. The number of rotatable bonds is 8. The predicted octanol–water partition coefficient (Wildman–Crippen LogP) is 3.21. The highest BCUT2D eigenvalue weighted by Gasteiger charge is 2.03. The minimum absolute atomic E-state index is 0.498. The van der Waals surface area contributed by atoms with E-state index in [1.54, 1.807) is 0 Å². The molecule has 0 radical (unpaired) electrons. The lowest BCUT2D eigenvalue weighted by Gasteiger charge is -2.19. The van der Waals surface area contributed by atoms with Gasteiger partial charge in [-0.05, 0) is 18.6 Å². The Morgan fingerprint density at radius 2 is 2.11 bits per heavy atom. The van der Waals surface area contributed by atoms with E-state index in [9.17, 15) is 0 Å². The molecule has 0 spiro atoms. The zero-order chi connectivity index (χ0) is 13.4. The fourth-order valence-corrected chi connectivity index (χ4v) is 1.84. The third-order valence-corrected chi connectivity index (χ3v) is 3.03. The van der Waals surface area contributed by atoms with Gasteiger partial charge in [0.15, 0.2) is 0 Å². The van der Waals surface area contributed by atoms with Crippen molar-refractivity contribution in [1.82, 2.24) is 10.3 Å². The van der Waals surface area contributed by atoms with E-state index in [0.717, 1.165) is 18.8 Å². The molecule has 0 atom stereocenters. The lowest BCUT2D eigenvalue weighted by molar-refractivity contribution is 0.581. The topological polar surface area (TPSA) is 28.2 Å². The van der Waals surface area contributed by atoms with Crippen molar-refractivity contribution in [3.63, 3.8) is 0 Å². The monoisotopic (exact) mass is 249 g/mol. The van der Waals surface area contributed by atoms with E-state index in [1.165, 1.54) is 24.9 Å². The Morgan fingerprint density at radius 1 is 1.33 bits per heavy atom. The van der Waals surface area contributed by atoms with E-state index < -0.39 is 0 Å². The second kappa shape index (κ2) is 8.09. The van der Waals surface area contributed by atoms with E-state index in [2.05, 4.69) is 55.2 Å². The average Bonchev–Trinajstić information content (AvgIpc) is 2.37. The van der Waals surface area contributed by atoms with Crippen LogP contribution in [0, 0.1) is 0 Å². The van der Waals surface area contributed by atoms with Crippen LogP contribution in [0.15, 0.2) is 18.3 Å². The first-order valence-electron chi connectivity index (χ1n) is 7.03. The van der Waals surface area contributed by atoms with Gasteiger partial charge in [-0.2, -0.15) is 0 Å². The maximum Gasteiger partial charge on any atom is 0.0562 e. The van der Waals surface area contributed by atoms with Gasteiger partial charge in [-0.3, -0.25) is 4.98 Å². The zero-order valence-electron chi connectivity index (χ0n) is 12.2. The standard InChI is InChI=1S/C15H27N3/c1-5-6-7-10-18(4)15-8-9-16-14(11-15)12-17-13(2)3/h8-9,11,13,17H,5-7,10,12H2,1-4H3. The molecule has 1 N–H and O–H groups in total. The Labute approximate surface area is 112 Å². The number of hydrogen-bond acceptors (Lipinski definition) is 3. The van der Waals surface area contributed by atoms with Crippen molar-refractivity contribution in [3.8, 4) is 0 Å². The molecule has 0 aliphatic rings. The van der Waals surface area contributed by atoms with Gasteiger partial charge < -0.3 is 10.2 Å². The van der Waals surface area contributed by atoms with Crippen molar-refractivity contribution in [1.29, 1.82) is 0 Å². The van der Waals surface area contributed by atoms with Crippen LogP contribution >= 0.6 is 0 Å². The molecule has 1 aromatic heterocycles. The summed E-state index contributed by atoms with van der Waals surface area (Å²) in [5, 5.41) is 3.40. The lowest BCUT2D eigenvalue weighted by Crippen LogP contribution is -2.23. The predicted molar refractivity (Wildman–Crippen MR) is 79.0 cm³/mol. The van der Waals surface area contributed by atoms with E-state index in [-0.39, 0.29) is 0 Å². The Bertz CT molecular complexity index is 336. The first kappa shape index (κ1) is 15.0. The van der Waals surface area contributed by atoms with Crippen molar-refractivity contribution in [2.24, 2.45) is 0 Å². The smallest absolute Gasteiger partial charge is 0.0562 e. The number of aromatic nitrogens is 1. The van der Waals surface area contributed by atoms with Gasteiger partial charge in [-0.25, -0.2) is 0 Å². The number of hydrogen-bond donors (Lipinski definition) is 1. The van der Waals surface area contributed by atoms with Crippen LogP contribution in [0.25, 0.3) is 0 Å². The second-order valence-electron chi connectivity index (χ2n) is 5.17. The van der Waals surface area contributed by atoms with Crippen LogP contribution in [0.3, 0.4) is 0 Å². The summed E-state index contributed by atoms with van der Waals surface area (Å²) in [6.07, 6.45) is 5.74. The van der Waals surface area contributed by atoms with Crippen LogP contribution in [-0.4, -0.2) is 24.6 Å². The number of anilines is 1. The Hall–Kier alpha value is -1.09. The summed E-state index contributed by atoms with van der Waals surface area (Å²) in [6.45, 7) is 8.51. The van der Waals surface area contributed by atoms with E-state index >= 15 is 0 Å². The molecular formula is C15H27N3. The molecule has 0 fully saturated rings. The molecule has 0 saturated carbocycles. The molecule has 1 heterocycles. The molecule has 1 rings (SSSR count). The van der Waals surface area contributed by atoms with Gasteiger partial charge in [0.05, 0.1) is 5.69 Å². The highest BCUT2D eigenvalue weighted by atomic mass is 15.1. The normalized spacial score (nSPS) is 10.9. The van der Waals surface area contributed by atoms with E-state index in [0.29, 0.717) is 6.04 Å². The van der Waals surface area contributed by atoms with Crippen LogP contribution < -0.4 is 10.2 Å². The Kier molecular flexibility index (Phi) is 6.73. The van der Waals surface area contributed by atoms with Crippen molar-refractivity contribution in [3.05, 3.63) is 24.0 Å². The Balaban J connectivity index is 2.52. The first-order chi connectivity index (χ1) is 8.63. The summed E-state index contributed by atoms with van der Waals surface area (Å²) >= 11 is 0. The second-order valence-corrected chi connectivity index (χ2v) is 5.17. The molecule has 102 valence electrons. The quantitative estimate of drug-likeness (QED) is 0.717. The van der Waals surface area contributed by atoms with Crippen molar-refractivity contribution in [2.45, 2.75) is 52.6 Å². The van der Waals surface area contributed by atoms with Gasteiger partial charge in [0.2, 0.25) is 0 Å². The Morgan fingerprint density at radius 3 is 2.78 bits per heavy atom. The number of unbranched alkanes of at least 4 members (excludes halogenated alkanes) is 2. The molecular weight excluding hydrogens is 222 g/mol. The molecule has 0 aliphatic carbocycles. The number of nitrogens with zero attached hydrogens (tertiary/aromatic N) is 2. The molecule has 0 saturated heterocycles. The minimum atomic E-state index is 0.498. The van der Waals surface area contributed by atoms with Gasteiger partial charge in [0.1, 0.15) is 0 Å². The van der Waals surface area contributed by atoms with Crippen molar-refractivity contribution in [2.75, 3.05) is 18.5 Å². The SMILES string of the molecule is CCCCCN(C)c1ccnc(CNC(C)C)c1. The van der Waals surface area contributed by atoms with Crippen LogP contribution in [0.4, 0.5) is 5.69 Å². The minimum Gasteiger partial charge on any atom is -0.375 e. The zero-order valence-corrected chi connectivity index (χ0v) is 12.2. The van der Waals surface area contributed by atoms with Crippen molar-refractivity contribution < 1.29 is 0 Å². The van der Waals surface area contributed by atoms with Gasteiger partial charge >= 0.3 is 0 Å². The molecule has 0 bridgehead atoms. The largest absolute Gasteiger partial charge is 0.375 e. The highest BCUT2D eigenvalue weighted by molar-refractivity contribution is 5.45. The number of nitrogens with one attached hydrogen (secondary N) is 1. The third-order valence-electron chi connectivity index (χ3n) is 3.03. The molecule has 18 heavy (non-hydrogen) atoms. The van der Waals surface area contributed by atoms with E-state index in [1.807, 2.05) is 6.20 Å². The maximum atomic E-state index is 4.40. The molecule has 3 heteroatoms. The molecule has 3 nitrogen and oxygen atoms in total. The average molecular weight is 249 g/mol. The fraction of sp³-hybridized carbons (Fsp3) is 0.667. The summed E-state index contributed by atoms with van der Waals surface area (Å²) in [5.41, 5.74) is 2.38. The van der Waals surface area contributed by atoms with Crippen LogP contribution in [-0.2, 0) is 6.54 Å². The summed E-state index contributed by atoms with van der Waals surface area (Å²) < 4.78 is 0. The third kappa shape index (κ3) is 5.50. The van der Waals surface area contributed by atoms with Gasteiger partial charge in [0, 0.05) is 38.1 Å². The van der Waals surface area contributed by atoms with Crippen molar-refractivity contribution >= 4 is 5.69 Å². The number of pyridine rings is 1. The fourth-order valence-electron chi connectivity index (χ4n) is 1.84. The lowest BCUT2D eigenvalue weighted by atomic mass is 10.2. The molecule has 0 aliphatic heterocycles. The van der Waals surface area contributed by atoms with Gasteiger partial charge in [-0.15, -0.1) is 0 Å². The van der Waals surface area contributed by atoms with Crippen LogP contribution in [0.5, 0.6) is 0 Å². The van der Waals surface area contributed by atoms with Crippen LogP contribution in [0.1, 0.15) is 45.7 Å². The van der Waals surface area contributed by atoms with Gasteiger partial charge in [-0.1, -0.05) is 33.6 Å². The maximum absolute atomic E-state index is 4.40.